The maximum atomic E-state index is 2.12. The van der Waals surface area contributed by atoms with Gasteiger partial charge >= 0.3 is 0 Å². The van der Waals surface area contributed by atoms with Gasteiger partial charge in [-0.15, -0.1) is 0 Å². The van der Waals surface area contributed by atoms with Crippen molar-refractivity contribution in [3.8, 4) is 11.1 Å². The molecule has 0 aromatic carbocycles. The highest BCUT2D eigenvalue weighted by molar-refractivity contribution is 5.59. The maximum absolute atomic E-state index is 2.12. The molecule has 0 saturated heterocycles. The molecule has 2 aromatic heterocycles. The van der Waals surface area contributed by atoms with Crippen LogP contribution in [0.1, 0.15) is 0 Å². The lowest BCUT2D eigenvalue weighted by molar-refractivity contribution is -0.672. The number of nitrogens with zero attached hydrogens (tertiary/aromatic N) is 2. The zero-order valence-electron chi connectivity index (χ0n) is 9.27. The van der Waals surface area contributed by atoms with E-state index < -0.39 is 0 Å². The molecule has 4 heteroatoms. The van der Waals surface area contributed by atoms with Crippen LogP contribution in [0.4, 0.5) is 0 Å². The summed E-state index contributed by atoms with van der Waals surface area (Å²) < 4.78 is 4.12. The summed E-state index contributed by atoms with van der Waals surface area (Å²) in [5.41, 5.74) is 2.48. The molecule has 2 aromatic rings. The molecule has 0 N–H and O–H groups in total. The molecule has 0 spiro atoms. The van der Waals surface area contributed by atoms with E-state index >= 15 is 0 Å². The molecule has 0 bridgehead atoms. The van der Waals surface area contributed by atoms with E-state index in [4.69, 9.17) is 0 Å². The van der Waals surface area contributed by atoms with Crippen molar-refractivity contribution in [1.82, 2.24) is 0 Å². The second-order valence-corrected chi connectivity index (χ2v) is 3.52. The Bertz CT molecular complexity index is 415. The van der Waals surface area contributed by atoms with Crippen LogP contribution in [0.3, 0.4) is 0 Å². The van der Waals surface area contributed by atoms with E-state index in [0.717, 1.165) is 0 Å². The third-order valence-corrected chi connectivity index (χ3v) is 2.21. The Morgan fingerprint density at radius 2 is 1.12 bits per heavy atom. The van der Waals surface area contributed by atoms with Crippen molar-refractivity contribution in [1.29, 1.82) is 0 Å². The molecule has 0 saturated carbocycles. The highest BCUT2D eigenvalue weighted by atomic mass is 127. The van der Waals surface area contributed by atoms with Crippen LogP contribution < -0.4 is 57.1 Å². The van der Waals surface area contributed by atoms with Gasteiger partial charge in [0, 0.05) is 12.1 Å². The highest BCUT2D eigenvalue weighted by Gasteiger charge is 2.04. The Hall–Kier alpha value is -0.240. The Morgan fingerprint density at radius 1 is 0.750 bits per heavy atom. The average Bonchev–Trinajstić information content (AvgIpc) is 2.18. The predicted octanol–water partition coefficient (Wildman–Crippen LogP) is -4.99. The molecule has 0 atom stereocenters. The minimum absolute atomic E-state index is 0. The van der Waals surface area contributed by atoms with Crippen molar-refractivity contribution in [3.63, 3.8) is 0 Å². The van der Waals surface area contributed by atoms with Crippen LogP contribution in [0, 0.1) is 0 Å². The standard InChI is InChI=1S/C12H14N2.2HI/c1-13-7-3-5-11(9-13)12-6-4-8-14(2)10-12;;/h3-10H,1-2H3;2*1H/q+2;;/p-2. The van der Waals surface area contributed by atoms with Crippen molar-refractivity contribution < 1.29 is 57.1 Å². The molecule has 0 aliphatic rings. The molecule has 0 unspecified atom stereocenters. The van der Waals surface area contributed by atoms with Gasteiger partial charge < -0.3 is 48.0 Å². The summed E-state index contributed by atoms with van der Waals surface area (Å²) in [6.07, 6.45) is 8.31. The van der Waals surface area contributed by atoms with Crippen molar-refractivity contribution in [2.24, 2.45) is 14.1 Å². The summed E-state index contributed by atoms with van der Waals surface area (Å²) in [6.45, 7) is 0. The Labute approximate surface area is 130 Å². The normalized spacial score (nSPS) is 8.88. The van der Waals surface area contributed by atoms with Gasteiger partial charge in [-0.3, -0.25) is 0 Å². The summed E-state index contributed by atoms with van der Waals surface area (Å²) in [7, 11) is 4.07. The number of aryl methyl sites for hydroxylation is 2. The molecular formula is C12H14I2N2. The monoisotopic (exact) mass is 440 g/mol. The second-order valence-electron chi connectivity index (χ2n) is 3.52. The van der Waals surface area contributed by atoms with Crippen LogP contribution in [-0.2, 0) is 14.1 Å². The minimum atomic E-state index is 0. The molecule has 2 rings (SSSR count). The van der Waals surface area contributed by atoms with Crippen LogP contribution in [-0.4, -0.2) is 0 Å². The first-order valence-corrected chi connectivity index (χ1v) is 4.67. The second kappa shape index (κ2) is 7.16. The molecule has 16 heavy (non-hydrogen) atoms. The van der Waals surface area contributed by atoms with Crippen molar-refractivity contribution in [2.45, 2.75) is 0 Å². The number of hydrogen-bond donors (Lipinski definition) is 0. The van der Waals surface area contributed by atoms with Crippen molar-refractivity contribution in [3.05, 3.63) is 49.1 Å². The van der Waals surface area contributed by atoms with Gasteiger partial charge in [-0.1, -0.05) is 0 Å². The topological polar surface area (TPSA) is 7.76 Å². The molecule has 0 aliphatic carbocycles. The third kappa shape index (κ3) is 3.97. The van der Waals surface area contributed by atoms with Gasteiger partial charge in [-0.25, -0.2) is 9.13 Å². The first kappa shape index (κ1) is 15.8. The Morgan fingerprint density at radius 3 is 1.44 bits per heavy atom. The SMILES string of the molecule is C[n+]1cccc(-c2ccc[n+](C)c2)c1.[I-].[I-]. The highest BCUT2D eigenvalue weighted by Crippen LogP contribution is 2.13. The van der Waals surface area contributed by atoms with E-state index in [-0.39, 0.29) is 48.0 Å². The van der Waals surface area contributed by atoms with E-state index in [1.54, 1.807) is 0 Å². The third-order valence-electron chi connectivity index (χ3n) is 2.21. The summed E-state index contributed by atoms with van der Waals surface area (Å²) in [6, 6.07) is 8.36. The summed E-state index contributed by atoms with van der Waals surface area (Å²) in [5.74, 6) is 0. The average molecular weight is 440 g/mol. The number of rotatable bonds is 1. The number of hydrogen-bond acceptors (Lipinski definition) is 0. The fourth-order valence-corrected chi connectivity index (χ4v) is 1.52. The number of halogens is 2. The van der Waals surface area contributed by atoms with Gasteiger partial charge in [0.2, 0.25) is 0 Å². The molecule has 2 heterocycles. The summed E-state index contributed by atoms with van der Waals surface area (Å²) in [5, 5.41) is 0. The van der Waals surface area contributed by atoms with Crippen molar-refractivity contribution in [2.75, 3.05) is 0 Å². The van der Waals surface area contributed by atoms with Crippen LogP contribution in [0.5, 0.6) is 0 Å². The fourth-order valence-electron chi connectivity index (χ4n) is 1.52. The molecule has 2 nitrogen and oxygen atoms in total. The molecule has 0 aliphatic heterocycles. The van der Waals surface area contributed by atoms with Gasteiger partial charge in [0.1, 0.15) is 14.1 Å². The summed E-state index contributed by atoms with van der Waals surface area (Å²) in [4.78, 5) is 0. The smallest absolute Gasteiger partial charge is 0.176 e. The Balaban J connectivity index is 0.00000112. The zero-order valence-corrected chi connectivity index (χ0v) is 13.6. The van der Waals surface area contributed by atoms with Gasteiger partial charge in [0.15, 0.2) is 24.8 Å². The zero-order chi connectivity index (χ0) is 9.97. The lowest BCUT2D eigenvalue weighted by Gasteiger charge is -1.96. The van der Waals surface area contributed by atoms with Gasteiger partial charge in [0.25, 0.3) is 0 Å². The largest absolute Gasteiger partial charge is 1.00 e. The van der Waals surface area contributed by atoms with Crippen molar-refractivity contribution >= 4 is 0 Å². The fraction of sp³-hybridized carbons (Fsp3) is 0.167. The quantitative estimate of drug-likeness (QED) is 0.310. The van der Waals surface area contributed by atoms with E-state index in [0.29, 0.717) is 0 Å². The lowest BCUT2D eigenvalue weighted by atomic mass is 10.1. The van der Waals surface area contributed by atoms with Gasteiger partial charge in [-0.05, 0) is 12.1 Å². The first-order valence-electron chi connectivity index (χ1n) is 4.67. The first-order chi connectivity index (χ1) is 6.75. The van der Waals surface area contributed by atoms with Gasteiger partial charge in [0.05, 0.1) is 11.1 Å². The molecule has 0 amide bonds. The lowest BCUT2D eigenvalue weighted by Crippen LogP contribution is -3.00. The number of aromatic nitrogens is 2. The Kier molecular flexibility index (Phi) is 7.05. The predicted molar refractivity (Wildman–Crippen MR) is 54.2 cm³/mol. The van der Waals surface area contributed by atoms with Gasteiger partial charge in [-0.2, -0.15) is 0 Å². The minimum Gasteiger partial charge on any atom is -1.00 e. The molecule has 0 radical (unpaired) electrons. The van der Waals surface area contributed by atoms with E-state index in [9.17, 15) is 0 Å². The number of pyridine rings is 2. The maximum Gasteiger partial charge on any atom is 0.176 e. The molecule has 86 valence electrons. The molecular weight excluding hydrogens is 426 g/mol. The summed E-state index contributed by atoms with van der Waals surface area (Å²) >= 11 is 0. The van der Waals surface area contributed by atoms with E-state index in [1.165, 1.54) is 11.1 Å². The van der Waals surface area contributed by atoms with Crippen LogP contribution in [0.25, 0.3) is 11.1 Å². The molecule has 0 fully saturated rings. The van der Waals surface area contributed by atoms with Crippen LogP contribution in [0.2, 0.25) is 0 Å². The van der Waals surface area contributed by atoms with Crippen LogP contribution >= 0.6 is 0 Å². The van der Waals surface area contributed by atoms with E-state index in [2.05, 4.69) is 45.8 Å². The van der Waals surface area contributed by atoms with E-state index in [1.807, 2.05) is 26.5 Å². The van der Waals surface area contributed by atoms with Crippen LogP contribution in [0.15, 0.2) is 49.1 Å².